The van der Waals surface area contributed by atoms with Crippen LogP contribution in [0.4, 0.5) is 4.79 Å². The first-order valence-corrected chi connectivity index (χ1v) is 32.0. The van der Waals surface area contributed by atoms with Crippen LogP contribution in [-0.4, -0.2) is 223 Å². The Morgan fingerprint density at radius 2 is 0.758 bits per heavy atom. The zero-order valence-electron chi connectivity index (χ0n) is 55.3. The van der Waals surface area contributed by atoms with Gasteiger partial charge in [0.2, 0.25) is 29.5 Å². The Morgan fingerprint density at radius 3 is 1.15 bits per heavy atom. The SMILES string of the molecule is COC(=O)[C@H](C)NC(=O)[C@](C)(Cc1ccc2c(c1)OCCOCCOCCOCCOCCO2)NC(=O)[C@H](C)NC(=O)[C@H](C)NC(=O)[C@](C)(Cc1ccc2c(c1)OCCOCCOCCOCCOCCO2)NC(=O)[C@H](C)NC(=O)OCC1c2ccccc2-c2ccccc21. The molecular weight excluding hydrogens is 1240 g/mol. The second-order valence-electron chi connectivity index (χ2n) is 23.2. The van der Waals surface area contributed by atoms with Crippen molar-refractivity contribution in [3.63, 3.8) is 0 Å². The minimum Gasteiger partial charge on any atom is -0.487 e. The summed E-state index contributed by atoms with van der Waals surface area (Å²) in [7, 11) is 1.17. The van der Waals surface area contributed by atoms with Crippen LogP contribution >= 0.6 is 0 Å². The Morgan fingerprint density at radius 1 is 0.421 bits per heavy atom. The summed E-state index contributed by atoms with van der Waals surface area (Å²) < 4.78 is 80.0. The first-order chi connectivity index (χ1) is 45.9. The molecule has 27 heteroatoms. The molecule has 27 nitrogen and oxygen atoms in total. The second kappa shape index (κ2) is 38.4. The molecule has 0 bridgehead atoms. The van der Waals surface area contributed by atoms with E-state index >= 15 is 0 Å². The molecule has 95 heavy (non-hydrogen) atoms. The Hall–Kier alpha value is -8.15. The number of benzene rings is 4. The Balaban J connectivity index is 1.06. The van der Waals surface area contributed by atoms with Crippen molar-refractivity contribution in [2.45, 2.75) is 95.5 Å². The molecule has 2 heterocycles. The molecule has 0 unspecified atom stereocenters. The van der Waals surface area contributed by atoms with Gasteiger partial charge in [0, 0.05) is 18.8 Å². The van der Waals surface area contributed by atoms with Crippen LogP contribution in [0.15, 0.2) is 84.9 Å². The number of rotatable bonds is 18. The minimum absolute atomic E-state index is 0.0177. The fourth-order valence-corrected chi connectivity index (χ4v) is 10.4. The van der Waals surface area contributed by atoms with Crippen molar-refractivity contribution in [3.05, 3.63) is 107 Å². The predicted molar refractivity (Wildman–Crippen MR) is 344 cm³/mol. The lowest BCUT2D eigenvalue weighted by Crippen LogP contribution is -2.64. The monoisotopic (exact) mass is 1330 g/mol. The highest BCUT2D eigenvalue weighted by molar-refractivity contribution is 5.99. The molecule has 0 fully saturated rings. The van der Waals surface area contributed by atoms with Crippen molar-refractivity contribution in [3.8, 4) is 34.1 Å². The number of esters is 1. The van der Waals surface area contributed by atoms with Gasteiger partial charge in [-0.3, -0.25) is 24.0 Å². The number of amides is 6. The summed E-state index contributed by atoms with van der Waals surface area (Å²) in [5.41, 5.74) is 1.41. The molecule has 7 rings (SSSR count). The molecule has 520 valence electrons. The van der Waals surface area contributed by atoms with E-state index in [-0.39, 0.29) is 78.2 Å². The van der Waals surface area contributed by atoms with E-state index in [0.717, 1.165) is 22.3 Å². The summed E-state index contributed by atoms with van der Waals surface area (Å²) in [6, 6.07) is 20.7. The third-order valence-electron chi connectivity index (χ3n) is 15.6. The molecule has 0 aromatic heterocycles. The third-order valence-corrected chi connectivity index (χ3v) is 15.6. The Labute approximate surface area is 554 Å². The molecule has 0 spiro atoms. The second-order valence-corrected chi connectivity index (χ2v) is 23.2. The quantitative estimate of drug-likeness (QED) is 0.0777. The topological polar surface area (TPSA) is 321 Å². The van der Waals surface area contributed by atoms with Crippen molar-refractivity contribution >= 4 is 41.6 Å². The molecule has 6 atom stereocenters. The van der Waals surface area contributed by atoms with E-state index in [2.05, 4.69) is 31.9 Å². The summed E-state index contributed by atoms with van der Waals surface area (Å²) in [4.78, 5) is 98.1. The van der Waals surface area contributed by atoms with Crippen LogP contribution in [0.1, 0.15) is 69.7 Å². The molecule has 4 aromatic carbocycles. The highest BCUT2D eigenvalue weighted by Gasteiger charge is 2.41. The van der Waals surface area contributed by atoms with Crippen LogP contribution in [-0.2, 0) is 89.0 Å². The van der Waals surface area contributed by atoms with Gasteiger partial charge in [0.05, 0.1) is 113 Å². The minimum atomic E-state index is -1.86. The first kappa shape index (κ1) is 74.2. The van der Waals surface area contributed by atoms with Crippen LogP contribution in [0.5, 0.6) is 23.0 Å². The molecule has 1 aliphatic carbocycles. The summed E-state index contributed by atoms with van der Waals surface area (Å²) >= 11 is 0. The first-order valence-electron chi connectivity index (χ1n) is 32.0. The molecular formula is C68H92N6O21. The zero-order valence-corrected chi connectivity index (χ0v) is 55.3. The van der Waals surface area contributed by atoms with E-state index in [1.54, 1.807) is 36.4 Å². The number of carbonyl (C=O) groups is 7. The average Bonchev–Trinajstić information content (AvgIpc) is 1.67. The van der Waals surface area contributed by atoms with Gasteiger partial charge in [-0.25, -0.2) is 9.59 Å². The van der Waals surface area contributed by atoms with E-state index in [0.29, 0.717) is 113 Å². The van der Waals surface area contributed by atoms with Crippen LogP contribution in [0.3, 0.4) is 0 Å². The van der Waals surface area contributed by atoms with Crippen molar-refractivity contribution in [2.75, 3.05) is 146 Å². The summed E-state index contributed by atoms with van der Waals surface area (Å²) in [5, 5.41) is 16.2. The van der Waals surface area contributed by atoms with Gasteiger partial charge in [-0.1, -0.05) is 60.7 Å². The van der Waals surface area contributed by atoms with Gasteiger partial charge in [0.15, 0.2) is 23.0 Å². The van der Waals surface area contributed by atoms with Crippen LogP contribution in [0.2, 0.25) is 0 Å². The number of carbonyl (C=O) groups excluding carboxylic acids is 7. The molecule has 6 N–H and O–H groups in total. The fraction of sp³-hybridized carbons (Fsp3) is 0.544. The van der Waals surface area contributed by atoms with Gasteiger partial charge in [-0.15, -0.1) is 0 Å². The Bertz CT molecular complexity index is 3110. The summed E-state index contributed by atoms with van der Waals surface area (Å²) in [5.74, 6) is -3.64. The number of fused-ring (bicyclic) bond motifs is 5. The molecule has 6 amide bonds. The van der Waals surface area contributed by atoms with E-state index in [1.165, 1.54) is 48.7 Å². The Kier molecular flexibility index (Phi) is 30.0. The van der Waals surface area contributed by atoms with Gasteiger partial charge in [0.25, 0.3) is 0 Å². The van der Waals surface area contributed by atoms with Crippen molar-refractivity contribution < 1.29 is 99.9 Å². The van der Waals surface area contributed by atoms with Gasteiger partial charge < -0.3 is 98.2 Å². The number of hydrogen-bond donors (Lipinski definition) is 6. The number of ether oxygens (including phenoxy) is 14. The van der Waals surface area contributed by atoms with Crippen LogP contribution in [0.25, 0.3) is 11.1 Å². The van der Waals surface area contributed by atoms with Crippen molar-refractivity contribution in [1.82, 2.24) is 31.9 Å². The maximum Gasteiger partial charge on any atom is 0.407 e. The molecule has 2 aliphatic heterocycles. The largest absolute Gasteiger partial charge is 0.487 e. The lowest BCUT2D eigenvalue weighted by atomic mass is 9.90. The third kappa shape index (κ3) is 23.3. The van der Waals surface area contributed by atoms with E-state index in [4.69, 9.17) is 66.3 Å². The normalized spacial score (nSPS) is 18.4. The predicted octanol–water partition coefficient (Wildman–Crippen LogP) is 3.51. The summed E-state index contributed by atoms with van der Waals surface area (Å²) in [6.45, 7) is 14.4. The fourth-order valence-electron chi connectivity index (χ4n) is 10.4. The van der Waals surface area contributed by atoms with E-state index < -0.39 is 76.8 Å². The van der Waals surface area contributed by atoms with Crippen LogP contribution in [0, 0.1) is 0 Å². The number of alkyl carbamates (subject to hydrolysis) is 1. The van der Waals surface area contributed by atoms with E-state index in [9.17, 15) is 33.6 Å². The summed E-state index contributed by atoms with van der Waals surface area (Å²) in [6.07, 6.45) is -1.23. The molecule has 0 saturated carbocycles. The van der Waals surface area contributed by atoms with Crippen molar-refractivity contribution in [1.29, 1.82) is 0 Å². The average molecular weight is 1330 g/mol. The lowest BCUT2D eigenvalue weighted by molar-refractivity contribution is -0.145. The van der Waals surface area contributed by atoms with Gasteiger partial charge >= 0.3 is 12.1 Å². The maximum absolute atomic E-state index is 14.9. The van der Waals surface area contributed by atoms with Crippen LogP contribution < -0.4 is 50.8 Å². The van der Waals surface area contributed by atoms with Crippen molar-refractivity contribution in [2.24, 2.45) is 0 Å². The maximum atomic E-state index is 14.9. The highest BCUT2D eigenvalue weighted by atomic mass is 16.6. The number of methoxy groups -OCH3 is 1. The standard InChI is InChI=1S/C68H92N6O21/c1-45(60(75)69-46(2)61(76)73-68(6,65(80)71-48(4)63(78)82-7)43-50-17-19-57-59(41-50)94-39-35-90-31-27-86-23-21-84-25-29-88-33-37-92-57)70-64(79)67(5,42-49-16-18-56-58(40-49)93-38-34-89-30-26-85-22-20-83-24-28-87-32-36-91-56)74-62(77)47(3)72-66(81)95-44-55-53-14-10-8-12-51(53)52-13-9-11-15-54(52)55/h8-19,40-41,45-48,55H,20-39,42-44H2,1-7H3,(H,69,75)(H,70,79)(H,71,80)(H,72,81)(H,73,76)(H,74,77)/t45-,46-,47-,48-,67-,68-/m0/s1. The van der Waals surface area contributed by atoms with Gasteiger partial charge in [-0.2, -0.15) is 0 Å². The van der Waals surface area contributed by atoms with Gasteiger partial charge in [0.1, 0.15) is 68.3 Å². The molecule has 4 aromatic rings. The number of hydrogen-bond acceptors (Lipinski definition) is 21. The van der Waals surface area contributed by atoms with Gasteiger partial charge in [-0.05, 0) is 99.2 Å². The lowest BCUT2D eigenvalue weighted by Gasteiger charge is -2.33. The number of nitrogens with one attached hydrogen (secondary N) is 6. The molecule has 0 saturated heterocycles. The zero-order chi connectivity index (χ0) is 68.0. The molecule has 0 radical (unpaired) electrons. The van der Waals surface area contributed by atoms with E-state index in [1.807, 2.05) is 48.5 Å². The smallest absolute Gasteiger partial charge is 0.407 e. The highest BCUT2D eigenvalue weighted by Crippen LogP contribution is 2.44. The molecule has 3 aliphatic rings.